The van der Waals surface area contributed by atoms with Gasteiger partial charge in [-0.05, 0) is 44.2 Å². The number of hydrogen-bond donors (Lipinski definition) is 2. The molecule has 1 aromatic rings. The van der Waals surface area contributed by atoms with Crippen molar-refractivity contribution in [1.82, 2.24) is 9.99 Å². The average Bonchev–Trinajstić information content (AvgIpc) is 2.78. The van der Waals surface area contributed by atoms with E-state index in [4.69, 9.17) is 5.84 Å². The number of rotatable bonds is 6. The first-order chi connectivity index (χ1) is 8.51. The Hall–Kier alpha value is -1.29. The third-order valence-electron chi connectivity index (χ3n) is 3.38. The van der Waals surface area contributed by atoms with Gasteiger partial charge in [-0.1, -0.05) is 20.8 Å². The predicted octanol–water partition coefficient (Wildman–Crippen LogP) is 2.65. The Morgan fingerprint density at radius 3 is 2.56 bits per heavy atom. The maximum absolute atomic E-state index is 11.7. The second-order valence-electron chi connectivity index (χ2n) is 5.24. The highest BCUT2D eigenvalue weighted by atomic mass is 16.2. The summed E-state index contributed by atoms with van der Waals surface area (Å²) >= 11 is 0. The largest absolute Gasteiger partial charge is 0.338 e. The van der Waals surface area contributed by atoms with E-state index >= 15 is 0 Å². The molecule has 0 aromatic carbocycles. The molecule has 0 bridgehead atoms. The van der Waals surface area contributed by atoms with Crippen LogP contribution >= 0.6 is 0 Å². The number of aromatic nitrogens is 1. The van der Waals surface area contributed by atoms with Crippen LogP contribution in [0.15, 0.2) is 12.1 Å². The van der Waals surface area contributed by atoms with Crippen LogP contribution in [-0.4, -0.2) is 10.5 Å². The fraction of sp³-hybridized carbons (Fsp3) is 0.643. The van der Waals surface area contributed by atoms with Gasteiger partial charge in [-0.25, -0.2) is 5.84 Å². The van der Waals surface area contributed by atoms with Crippen molar-refractivity contribution in [2.45, 2.75) is 53.0 Å². The lowest BCUT2D eigenvalue weighted by atomic mass is 10.1. The van der Waals surface area contributed by atoms with Crippen molar-refractivity contribution in [1.29, 1.82) is 0 Å². The number of hydrogen-bond acceptors (Lipinski definition) is 2. The molecule has 3 N–H and O–H groups in total. The lowest BCUT2D eigenvalue weighted by Gasteiger charge is -2.19. The SMILES string of the molecule is CCC(C)n1c(CCC(C)C)ccc1C(=O)NN. The first-order valence-electron chi connectivity index (χ1n) is 6.72. The zero-order valence-electron chi connectivity index (χ0n) is 11.9. The highest BCUT2D eigenvalue weighted by Crippen LogP contribution is 2.21. The number of hydrazine groups is 1. The summed E-state index contributed by atoms with van der Waals surface area (Å²) < 4.78 is 2.12. The van der Waals surface area contributed by atoms with Gasteiger partial charge in [0, 0.05) is 11.7 Å². The van der Waals surface area contributed by atoms with E-state index in [1.807, 2.05) is 12.1 Å². The van der Waals surface area contributed by atoms with Crippen LogP contribution in [0.5, 0.6) is 0 Å². The van der Waals surface area contributed by atoms with Gasteiger partial charge in [-0.15, -0.1) is 0 Å². The molecule has 1 heterocycles. The highest BCUT2D eigenvalue weighted by Gasteiger charge is 2.17. The molecule has 1 aromatic heterocycles. The van der Waals surface area contributed by atoms with Crippen LogP contribution in [0.1, 0.15) is 62.8 Å². The number of nitrogen functional groups attached to an aromatic ring is 1. The maximum Gasteiger partial charge on any atom is 0.281 e. The molecule has 0 spiro atoms. The van der Waals surface area contributed by atoms with E-state index in [2.05, 4.69) is 37.7 Å². The van der Waals surface area contributed by atoms with Crippen molar-refractivity contribution in [3.05, 3.63) is 23.5 Å². The molecule has 0 fully saturated rings. The summed E-state index contributed by atoms with van der Waals surface area (Å²) in [5, 5.41) is 0. The number of amides is 1. The predicted molar refractivity (Wildman–Crippen MR) is 74.2 cm³/mol. The van der Waals surface area contributed by atoms with Crippen LogP contribution in [0.25, 0.3) is 0 Å². The lowest BCUT2D eigenvalue weighted by molar-refractivity contribution is 0.0942. The smallest absolute Gasteiger partial charge is 0.281 e. The molecule has 0 aliphatic carbocycles. The molecule has 18 heavy (non-hydrogen) atoms. The molecule has 1 amide bonds. The molecule has 1 rings (SSSR count). The number of nitrogens with one attached hydrogen (secondary N) is 1. The van der Waals surface area contributed by atoms with E-state index in [1.165, 1.54) is 5.69 Å². The Morgan fingerprint density at radius 1 is 1.39 bits per heavy atom. The Kier molecular flexibility index (Phi) is 5.41. The van der Waals surface area contributed by atoms with Crippen LogP contribution in [0.4, 0.5) is 0 Å². The summed E-state index contributed by atoms with van der Waals surface area (Å²) in [5.74, 6) is 5.68. The quantitative estimate of drug-likeness (QED) is 0.464. The Bertz CT molecular complexity index is 396. The summed E-state index contributed by atoms with van der Waals surface area (Å²) in [6.45, 7) is 8.68. The molecular weight excluding hydrogens is 226 g/mol. The van der Waals surface area contributed by atoms with E-state index in [-0.39, 0.29) is 5.91 Å². The standard InChI is InChI=1S/C14H25N3O/c1-5-11(4)17-12(7-6-10(2)3)8-9-13(17)14(18)16-15/h8-11H,5-7,15H2,1-4H3,(H,16,18). The molecule has 102 valence electrons. The highest BCUT2D eigenvalue weighted by molar-refractivity contribution is 5.92. The first-order valence-corrected chi connectivity index (χ1v) is 6.72. The monoisotopic (exact) mass is 251 g/mol. The van der Waals surface area contributed by atoms with Gasteiger partial charge in [0.05, 0.1) is 0 Å². The van der Waals surface area contributed by atoms with Crippen LogP contribution in [0, 0.1) is 5.92 Å². The zero-order valence-corrected chi connectivity index (χ0v) is 11.9. The van der Waals surface area contributed by atoms with Crippen LogP contribution in [0.3, 0.4) is 0 Å². The van der Waals surface area contributed by atoms with Gasteiger partial charge in [-0.3, -0.25) is 10.2 Å². The lowest BCUT2D eigenvalue weighted by Crippen LogP contribution is -2.32. The second-order valence-corrected chi connectivity index (χ2v) is 5.24. The van der Waals surface area contributed by atoms with Crippen molar-refractivity contribution >= 4 is 5.91 Å². The molecule has 1 atom stereocenters. The van der Waals surface area contributed by atoms with Gasteiger partial charge in [0.2, 0.25) is 0 Å². The molecule has 0 radical (unpaired) electrons. The van der Waals surface area contributed by atoms with E-state index in [0.29, 0.717) is 17.7 Å². The number of nitrogens with zero attached hydrogens (tertiary/aromatic N) is 1. The third-order valence-corrected chi connectivity index (χ3v) is 3.38. The molecule has 0 aliphatic heterocycles. The van der Waals surface area contributed by atoms with E-state index in [0.717, 1.165) is 19.3 Å². The summed E-state index contributed by atoms with van der Waals surface area (Å²) in [6, 6.07) is 4.22. The van der Waals surface area contributed by atoms with Crippen molar-refractivity contribution in [3.8, 4) is 0 Å². The van der Waals surface area contributed by atoms with Crippen molar-refractivity contribution in [2.24, 2.45) is 11.8 Å². The minimum absolute atomic E-state index is 0.217. The van der Waals surface area contributed by atoms with Crippen LogP contribution in [0.2, 0.25) is 0 Å². The van der Waals surface area contributed by atoms with Gasteiger partial charge in [0.25, 0.3) is 5.91 Å². The Labute approximate surface area is 110 Å². The fourth-order valence-electron chi connectivity index (χ4n) is 2.09. The summed E-state index contributed by atoms with van der Waals surface area (Å²) in [7, 11) is 0. The normalized spacial score (nSPS) is 12.8. The van der Waals surface area contributed by atoms with Crippen LogP contribution < -0.4 is 11.3 Å². The van der Waals surface area contributed by atoms with Gasteiger partial charge >= 0.3 is 0 Å². The van der Waals surface area contributed by atoms with Crippen molar-refractivity contribution in [2.75, 3.05) is 0 Å². The molecular formula is C14H25N3O. The Balaban J connectivity index is 3.03. The van der Waals surface area contributed by atoms with Gasteiger partial charge < -0.3 is 4.57 Å². The fourth-order valence-corrected chi connectivity index (χ4v) is 2.09. The zero-order chi connectivity index (χ0) is 13.7. The molecule has 0 aliphatic rings. The molecule has 0 saturated heterocycles. The number of carbonyl (C=O) groups excluding carboxylic acids is 1. The maximum atomic E-state index is 11.7. The Morgan fingerprint density at radius 2 is 2.06 bits per heavy atom. The van der Waals surface area contributed by atoms with Gasteiger partial charge in [0.15, 0.2) is 0 Å². The van der Waals surface area contributed by atoms with Crippen molar-refractivity contribution < 1.29 is 4.79 Å². The van der Waals surface area contributed by atoms with E-state index in [9.17, 15) is 4.79 Å². The summed E-state index contributed by atoms with van der Waals surface area (Å²) in [6.07, 6.45) is 3.12. The van der Waals surface area contributed by atoms with E-state index < -0.39 is 0 Å². The number of nitrogens with two attached hydrogens (primary N) is 1. The summed E-state index contributed by atoms with van der Waals surface area (Å²) in [4.78, 5) is 11.7. The third kappa shape index (κ3) is 3.35. The second kappa shape index (κ2) is 6.59. The molecule has 0 saturated carbocycles. The number of aryl methyl sites for hydroxylation is 1. The van der Waals surface area contributed by atoms with Gasteiger partial charge in [0.1, 0.15) is 5.69 Å². The number of carbonyl (C=O) groups is 1. The van der Waals surface area contributed by atoms with Crippen LogP contribution in [-0.2, 0) is 6.42 Å². The first kappa shape index (κ1) is 14.8. The van der Waals surface area contributed by atoms with E-state index in [1.54, 1.807) is 0 Å². The summed E-state index contributed by atoms with van der Waals surface area (Å²) in [5.41, 5.74) is 4.10. The average molecular weight is 251 g/mol. The minimum atomic E-state index is -0.217. The molecule has 4 nitrogen and oxygen atoms in total. The topological polar surface area (TPSA) is 60.0 Å². The minimum Gasteiger partial charge on any atom is -0.338 e. The molecule has 1 unspecified atom stereocenters. The van der Waals surface area contributed by atoms with Crippen molar-refractivity contribution in [3.63, 3.8) is 0 Å². The van der Waals surface area contributed by atoms with Gasteiger partial charge in [-0.2, -0.15) is 0 Å². The molecule has 4 heteroatoms.